The van der Waals surface area contributed by atoms with Gasteiger partial charge >= 0.3 is 0 Å². The molecule has 4 heteroatoms. The standard InChI is InChI=1S/C15H21N3S/c1-12(15-18-8-9-19-15)11-17-7-3-5-13-4-2-6-14(16)10-13/h2,4,6,8-10,12,17H,3,5,7,11,16H2,1H3. The molecule has 1 heterocycles. The van der Waals surface area contributed by atoms with E-state index in [1.165, 1.54) is 10.6 Å². The monoisotopic (exact) mass is 275 g/mol. The first kappa shape index (κ1) is 14.0. The highest BCUT2D eigenvalue weighted by molar-refractivity contribution is 7.09. The molecule has 0 spiro atoms. The number of hydrogen-bond acceptors (Lipinski definition) is 4. The molecule has 0 bridgehead atoms. The molecule has 2 aromatic rings. The van der Waals surface area contributed by atoms with Crippen molar-refractivity contribution in [2.24, 2.45) is 0 Å². The van der Waals surface area contributed by atoms with Crippen LogP contribution in [0.5, 0.6) is 0 Å². The van der Waals surface area contributed by atoms with Crippen LogP contribution in [0.1, 0.15) is 29.8 Å². The molecule has 0 aliphatic heterocycles. The zero-order chi connectivity index (χ0) is 13.5. The molecule has 1 atom stereocenters. The third kappa shape index (κ3) is 4.65. The summed E-state index contributed by atoms with van der Waals surface area (Å²) in [6.45, 7) is 4.23. The summed E-state index contributed by atoms with van der Waals surface area (Å²) in [5.74, 6) is 0.493. The van der Waals surface area contributed by atoms with E-state index in [0.717, 1.165) is 31.6 Å². The fourth-order valence-electron chi connectivity index (χ4n) is 2.05. The van der Waals surface area contributed by atoms with Gasteiger partial charge in [-0.15, -0.1) is 11.3 Å². The van der Waals surface area contributed by atoms with E-state index in [2.05, 4.69) is 29.4 Å². The lowest BCUT2D eigenvalue weighted by molar-refractivity contribution is 0.594. The van der Waals surface area contributed by atoms with Crippen LogP contribution in [-0.2, 0) is 6.42 Å². The zero-order valence-corrected chi connectivity index (χ0v) is 12.1. The second-order valence-electron chi connectivity index (χ2n) is 4.82. The first-order valence-corrected chi connectivity index (χ1v) is 7.58. The van der Waals surface area contributed by atoms with Crippen molar-refractivity contribution in [3.63, 3.8) is 0 Å². The van der Waals surface area contributed by atoms with E-state index in [9.17, 15) is 0 Å². The lowest BCUT2D eigenvalue weighted by Crippen LogP contribution is -2.21. The summed E-state index contributed by atoms with van der Waals surface area (Å²) >= 11 is 1.73. The fourth-order valence-corrected chi connectivity index (χ4v) is 2.75. The Morgan fingerprint density at radius 1 is 1.42 bits per heavy atom. The molecule has 0 saturated heterocycles. The van der Waals surface area contributed by atoms with Gasteiger partial charge in [-0.25, -0.2) is 4.98 Å². The number of aryl methyl sites for hydroxylation is 1. The van der Waals surface area contributed by atoms with Gasteiger partial charge in [-0.3, -0.25) is 0 Å². The number of nitrogens with two attached hydrogens (primary N) is 1. The fraction of sp³-hybridized carbons (Fsp3) is 0.400. The quantitative estimate of drug-likeness (QED) is 0.603. The van der Waals surface area contributed by atoms with Crippen molar-refractivity contribution in [2.45, 2.75) is 25.7 Å². The number of nitrogens with one attached hydrogen (secondary N) is 1. The van der Waals surface area contributed by atoms with Crippen LogP contribution in [0, 0.1) is 0 Å². The van der Waals surface area contributed by atoms with Gasteiger partial charge in [-0.05, 0) is 37.1 Å². The number of rotatable bonds is 7. The molecule has 2 rings (SSSR count). The van der Waals surface area contributed by atoms with E-state index in [1.807, 2.05) is 23.7 Å². The van der Waals surface area contributed by atoms with Gasteiger partial charge in [0.25, 0.3) is 0 Å². The minimum absolute atomic E-state index is 0.493. The minimum atomic E-state index is 0.493. The van der Waals surface area contributed by atoms with E-state index >= 15 is 0 Å². The van der Waals surface area contributed by atoms with E-state index < -0.39 is 0 Å². The highest BCUT2D eigenvalue weighted by Gasteiger charge is 2.06. The number of benzene rings is 1. The Labute approximate surface area is 118 Å². The average molecular weight is 275 g/mol. The van der Waals surface area contributed by atoms with E-state index in [0.29, 0.717) is 5.92 Å². The number of hydrogen-bond donors (Lipinski definition) is 2. The van der Waals surface area contributed by atoms with Crippen molar-refractivity contribution in [2.75, 3.05) is 18.8 Å². The van der Waals surface area contributed by atoms with Gasteiger partial charge < -0.3 is 11.1 Å². The van der Waals surface area contributed by atoms with Crippen LogP contribution in [0.4, 0.5) is 5.69 Å². The molecular weight excluding hydrogens is 254 g/mol. The highest BCUT2D eigenvalue weighted by Crippen LogP contribution is 2.16. The molecule has 0 amide bonds. The molecule has 1 aromatic heterocycles. The molecule has 19 heavy (non-hydrogen) atoms. The minimum Gasteiger partial charge on any atom is -0.399 e. The largest absolute Gasteiger partial charge is 0.399 e. The van der Waals surface area contributed by atoms with Crippen molar-refractivity contribution in [3.8, 4) is 0 Å². The number of anilines is 1. The van der Waals surface area contributed by atoms with Gasteiger partial charge in [-0.1, -0.05) is 19.1 Å². The van der Waals surface area contributed by atoms with E-state index in [1.54, 1.807) is 11.3 Å². The molecule has 0 aliphatic rings. The van der Waals surface area contributed by atoms with Crippen LogP contribution in [0.15, 0.2) is 35.8 Å². The Morgan fingerprint density at radius 3 is 3.05 bits per heavy atom. The summed E-state index contributed by atoms with van der Waals surface area (Å²) in [4.78, 5) is 4.34. The SMILES string of the molecule is CC(CNCCCc1cccc(N)c1)c1nccs1. The smallest absolute Gasteiger partial charge is 0.0965 e. The first-order chi connectivity index (χ1) is 9.25. The highest BCUT2D eigenvalue weighted by atomic mass is 32.1. The maximum atomic E-state index is 5.76. The van der Waals surface area contributed by atoms with Gasteiger partial charge in [0, 0.05) is 29.7 Å². The number of nitrogens with zero attached hydrogens (tertiary/aromatic N) is 1. The second kappa shape index (κ2) is 7.26. The molecule has 3 nitrogen and oxygen atoms in total. The van der Waals surface area contributed by atoms with Crippen LogP contribution in [-0.4, -0.2) is 18.1 Å². The van der Waals surface area contributed by atoms with Crippen LogP contribution >= 0.6 is 11.3 Å². The number of aromatic nitrogens is 1. The average Bonchev–Trinajstić information content (AvgIpc) is 2.92. The Bertz CT molecular complexity index is 482. The summed E-state index contributed by atoms with van der Waals surface area (Å²) in [6, 6.07) is 8.13. The Balaban J connectivity index is 1.62. The van der Waals surface area contributed by atoms with Crippen LogP contribution < -0.4 is 11.1 Å². The number of thiazole rings is 1. The first-order valence-electron chi connectivity index (χ1n) is 6.70. The van der Waals surface area contributed by atoms with Gasteiger partial charge in [0.05, 0.1) is 5.01 Å². The third-order valence-electron chi connectivity index (χ3n) is 3.09. The van der Waals surface area contributed by atoms with Gasteiger partial charge in [0.2, 0.25) is 0 Å². The molecule has 102 valence electrons. The van der Waals surface area contributed by atoms with Gasteiger partial charge in [0.1, 0.15) is 0 Å². The molecule has 0 aliphatic carbocycles. The van der Waals surface area contributed by atoms with Crippen molar-refractivity contribution in [1.82, 2.24) is 10.3 Å². The van der Waals surface area contributed by atoms with Crippen molar-refractivity contribution >= 4 is 17.0 Å². The lowest BCUT2D eigenvalue weighted by Gasteiger charge is -2.10. The van der Waals surface area contributed by atoms with Crippen LogP contribution in [0.3, 0.4) is 0 Å². The van der Waals surface area contributed by atoms with Gasteiger partial charge in [0.15, 0.2) is 0 Å². The summed E-state index contributed by atoms with van der Waals surface area (Å²) in [7, 11) is 0. The lowest BCUT2D eigenvalue weighted by atomic mass is 10.1. The normalized spacial score (nSPS) is 12.5. The predicted molar refractivity (Wildman–Crippen MR) is 82.6 cm³/mol. The van der Waals surface area contributed by atoms with Crippen molar-refractivity contribution in [1.29, 1.82) is 0 Å². The molecular formula is C15H21N3S. The summed E-state index contributed by atoms with van der Waals surface area (Å²) in [5.41, 5.74) is 7.93. The molecule has 1 aromatic carbocycles. The van der Waals surface area contributed by atoms with Crippen LogP contribution in [0.25, 0.3) is 0 Å². The maximum absolute atomic E-state index is 5.76. The molecule has 0 saturated carbocycles. The van der Waals surface area contributed by atoms with Crippen LogP contribution in [0.2, 0.25) is 0 Å². The summed E-state index contributed by atoms with van der Waals surface area (Å²) < 4.78 is 0. The topological polar surface area (TPSA) is 50.9 Å². The zero-order valence-electron chi connectivity index (χ0n) is 11.3. The second-order valence-corrected chi connectivity index (χ2v) is 5.75. The van der Waals surface area contributed by atoms with E-state index in [-0.39, 0.29) is 0 Å². The molecule has 0 fully saturated rings. The summed E-state index contributed by atoms with van der Waals surface area (Å²) in [5, 5.41) is 6.74. The predicted octanol–water partition coefficient (Wildman–Crippen LogP) is 3.05. The molecule has 1 unspecified atom stereocenters. The van der Waals surface area contributed by atoms with Crippen molar-refractivity contribution < 1.29 is 0 Å². The van der Waals surface area contributed by atoms with Gasteiger partial charge in [-0.2, -0.15) is 0 Å². The van der Waals surface area contributed by atoms with Crippen molar-refractivity contribution in [3.05, 3.63) is 46.4 Å². The third-order valence-corrected chi connectivity index (χ3v) is 4.10. The number of nitrogen functional groups attached to an aromatic ring is 1. The molecule has 3 N–H and O–H groups in total. The molecule has 0 radical (unpaired) electrons. The maximum Gasteiger partial charge on any atom is 0.0965 e. The Hall–Kier alpha value is -1.39. The summed E-state index contributed by atoms with van der Waals surface area (Å²) in [6.07, 6.45) is 4.08. The Kier molecular flexibility index (Phi) is 5.36. The Morgan fingerprint density at radius 2 is 2.32 bits per heavy atom. The van der Waals surface area contributed by atoms with E-state index in [4.69, 9.17) is 5.73 Å².